The highest BCUT2D eigenvalue weighted by atomic mass is 15.1. The van der Waals surface area contributed by atoms with Gasteiger partial charge in [-0.2, -0.15) is 0 Å². The molecule has 0 bridgehead atoms. The molecular formula is C11H22N2. The first-order valence-corrected chi connectivity index (χ1v) is 5.02. The second kappa shape index (κ2) is 8.10. The minimum absolute atomic E-state index is 0.507. The van der Waals surface area contributed by atoms with Crippen LogP contribution in [0.15, 0.2) is 0 Å². The molecule has 0 aromatic carbocycles. The van der Waals surface area contributed by atoms with Crippen LogP contribution in [-0.4, -0.2) is 38.1 Å². The Morgan fingerprint density at radius 3 is 2.62 bits per heavy atom. The maximum absolute atomic E-state index is 5.26. The number of rotatable bonds is 7. The average molecular weight is 182 g/mol. The van der Waals surface area contributed by atoms with Gasteiger partial charge in [0, 0.05) is 12.5 Å². The predicted molar refractivity (Wildman–Crippen MR) is 58.7 cm³/mol. The highest BCUT2D eigenvalue weighted by Crippen LogP contribution is 1.95. The summed E-state index contributed by atoms with van der Waals surface area (Å²) >= 11 is 0. The van der Waals surface area contributed by atoms with Crippen LogP contribution in [0.2, 0.25) is 0 Å². The number of hydrogen-bond donors (Lipinski definition) is 1. The third kappa shape index (κ3) is 7.83. The predicted octanol–water partition coefficient (Wildman–Crippen LogP) is 1.33. The van der Waals surface area contributed by atoms with Gasteiger partial charge in [-0.05, 0) is 40.0 Å². The second-order valence-corrected chi connectivity index (χ2v) is 3.62. The van der Waals surface area contributed by atoms with Crippen LogP contribution in [0, 0.1) is 12.3 Å². The molecule has 0 aliphatic rings. The van der Waals surface area contributed by atoms with Crippen molar-refractivity contribution in [2.24, 2.45) is 0 Å². The SMILES string of the molecule is C#CCC(CC)NCCCN(C)C. The van der Waals surface area contributed by atoms with Gasteiger partial charge >= 0.3 is 0 Å². The van der Waals surface area contributed by atoms with E-state index in [0.717, 1.165) is 25.9 Å². The van der Waals surface area contributed by atoms with Gasteiger partial charge in [-0.1, -0.05) is 6.92 Å². The third-order valence-electron chi connectivity index (χ3n) is 2.07. The Bertz CT molecular complexity index is 147. The molecule has 0 aromatic heterocycles. The van der Waals surface area contributed by atoms with Gasteiger partial charge in [-0.25, -0.2) is 0 Å². The van der Waals surface area contributed by atoms with Gasteiger partial charge in [0.1, 0.15) is 0 Å². The lowest BCUT2D eigenvalue weighted by molar-refractivity contribution is 0.384. The highest BCUT2D eigenvalue weighted by Gasteiger charge is 2.01. The quantitative estimate of drug-likeness (QED) is 0.472. The smallest absolute Gasteiger partial charge is 0.0240 e. The van der Waals surface area contributed by atoms with Crippen LogP contribution in [0.25, 0.3) is 0 Å². The zero-order chi connectivity index (χ0) is 10.1. The molecule has 2 heteroatoms. The van der Waals surface area contributed by atoms with E-state index in [1.54, 1.807) is 0 Å². The van der Waals surface area contributed by atoms with Crippen LogP contribution in [0.3, 0.4) is 0 Å². The van der Waals surface area contributed by atoms with Crippen LogP contribution in [0.5, 0.6) is 0 Å². The van der Waals surface area contributed by atoms with E-state index in [-0.39, 0.29) is 0 Å². The van der Waals surface area contributed by atoms with Crippen LogP contribution >= 0.6 is 0 Å². The molecule has 0 aliphatic heterocycles. The van der Waals surface area contributed by atoms with Gasteiger partial charge in [0.25, 0.3) is 0 Å². The van der Waals surface area contributed by atoms with E-state index in [1.807, 2.05) is 0 Å². The maximum Gasteiger partial charge on any atom is 0.0240 e. The van der Waals surface area contributed by atoms with E-state index < -0.39 is 0 Å². The lowest BCUT2D eigenvalue weighted by atomic mass is 10.1. The normalized spacial score (nSPS) is 12.8. The van der Waals surface area contributed by atoms with E-state index in [9.17, 15) is 0 Å². The van der Waals surface area contributed by atoms with Crippen LogP contribution < -0.4 is 5.32 Å². The molecule has 0 heterocycles. The molecule has 1 N–H and O–H groups in total. The van der Waals surface area contributed by atoms with Crippen LogP contribution in [0.4, 0.5) is 0 Å². The van der Waals surface area contributed by atoms with Crippen molar-refractivity contribution in [3.8, 4) is 12.3 Å². The number of terminal acetylenes is 1. The molecule has 2 nitrogen and oxygen atoms in total. The van der Waals surface area contributed by atoms with Gasteiger partial charge in [0.15, 0.2) is 0 Å². The lowest BCUT2D eigenvalue weighted by Crippen LogP contribution is -2.30. The molecule has 0 spiro atoms. The summed E-state index contributed by atoms with van der Waals surface area (Å²) in [5, 5.41) is 3.46. The minimum Gasteiger partial charge on any atom is -0.313 e. The summed E-state index contributed by atoms with van der Waals surface area (Å²) in [7, 11) is 4.19. The standard InChI is InChI=1S/C11H22N2/c1-5-8-11(6-2)12-9-7-10-13(3)4/h1,11-12H,6-10H2,2-4H3. The van der Waals surface area contributed by atoms with Crippen LogP contribution in [-0.2, 0) is 0 Å². The number of hydrogen-bond acceptors (Lipinski definition) is 2. The molecule has 1 atom stereocenters. The average Bonchev–Trinajstić information content (AvgIpc) is 2.10. The third-order valence-corrected chi connectivity index (χ3v) is 2.07. The zero-order valence-electron chi connectivity index (χ0n) is 9.14. The van der Waals surface area contributed by atoms with Gasteiger partial charge in [0.2, 0.25) is 0 Å². The fourth-order valence-electron chi connectivity index (χ4n) is 1.20. The summed E-state index contributed by atoms with van der Waals surface area (Å²) < 4.78 is 0. The fourth-order valence-corrected chi connectivity index (χ4v) is 1.20. The van der Waals surface area contributed by atoms with Crippen molar-refractivity contribution in [1.29, 1.82) is 0 Å². The summed E-state index contributed by atoms with van der Waals surface area (Å²) in [6.45, 7) is 4.37. The van der Waals surface area contributed by atoms with E-state index in [4.69, 9.17) is 6.42 Å². The molecule has 0 aromatic rings. The summed E-state index contributed by atoms with van der Waals surface area (Å²) in [5.74, 6) is 2.70. The first-order chi connectivity index (χ1) is 6.20. The van der Waals surface area contributed by atoms with Crippen molar-refractivity contribution >= 4 is 0 Å². The Kier molecular flexibility index (Phi) is 7.77. The second-order valence-electron chi connectivity index (χ2n) is 3.62. The summed E-state index contributed by atoms with van der Waals surface area (Å²) in [4.78, 5) is 2.20. The van der Waals surface area contributed by atoms with Crippen molar-refractivity contribution in [3.63, 3.8) is 0 Å². The van der Waals surface area contributed by atoms with E-state index in [1.165, 1.54) is 6.42 Å². The molecule has 0 saturated carbocycles. The Balaban J connectivity index is 3.34. The minimum atomic E-state index is 0.507. The van der Waals surface area contributed by atoms with Crippen molar-refractivity contribution in [2.45, 2.75) is 32.2 Å². The Morgan fingerprint density at radius 2 is 2.15 bits per heavy atom. The first-order valence-electron chi connectivity index (χ1n) is 5.02. The topological polar surface area (TPSA) is 15.3 Å². The van der Waals surface area contributed by atoms with Gasteiger partial charge in [-0.3, -0.25) is 0 Å². The number of nitrogens with zero attached hydrogens (tertiary/aromatic N) is 1. The van der Waals surface area contributed by atoms with E-state index in [2.05, 4.69) is 37.2 Å². The summed E-state index contributed by atoms with van der Waals surface area (Å²) in [6, 6.07) is 0.507. The first kappa shape index (κ1) is 12.5. The zero-order valence-corrected chi connectivity index (χ0v) is 9.14. The Labute approximate surface area is 82.7 Å². The molecule has 0 amide bonds. The summed E-state index contributed by atoms with van der Waals surface area (Å²) in [5.41, 5.74) is 0. The molecule has 0 radical (unpaired) electrons. The van der Waals surface area contributed by atoms with E-state index in [0.29, 0.717) is 6.04 Å². The van der Waals surface area contributed by atoms with Crippen molar-refractivity contribution < 1.29 is 0 Å². The molecule has 0 aliphatic carbocycles. The fraction of sp³-hybridized carbons (Fsp3) is 0.818. The molecule has 1 unspecified atom stereocenters. The maximum atomic E-state index is 5.26. The van der Waals surface area contributed by atoms with Crippen molar-refractivity contribution in [3.05, 3.63) is 0 Å². The van der Waals surface area contributed by atoms with Crippen molar-refractivity contribution in [1.82, 2.24) is 10.2 Å². The monoisotopic (exact) mass is 182 g/mol. The highest BCUT2D eigenvalue weighted by molar-refractivity contribution is 4.89. The Morgan fingerprint density at radius 1 is 1.46 bits per heavy atom. The van der Waals surface area contributed by atoms with Crippen LogP contribution in [0.1, 0.15) is 26.2 Å². The molecule has 0 saturated heterocycles. The van der Waals surface area contributed by atoms with Crippen molar-refractivity contribution in [2.75, 3.05) is 27.2 Å². The van der Waals surface area contributed by atoms with Gasteiger partial charge < -0.3 is 10.2 Å². The molecule has 76 valence electrons. The molecular weight excluding hydrogens is 160 g/mol. The van der Waals surface area contributed by atoms with Gasteiger partial charge in [0.05, 0.1) is 0 Å². The molecule has 0 rings (SSSR count). The largest absolute Gasteiger partial charge is 0.313 e. The number of nitrogens with one attached hydrogen (secondary N) is 1. The molecule has 13 heavy (non-hydrogen) atoms. The summed E-state index contributed by atoms with van der Waals surface area (Å²) in [6.07, 6.45) is 8.41. The van der Waals surface area contributed by atoms with E-state index >= 15 is 0 Å². The lowest BCUT2D eigenvalue weighted by Gasteiger charge is -2.15. The van der Waals surface area contributed by atoms with Gasteiger partial charge in [-0.15, -0.1) is 12.3 Å². The Hall–Kier alpha value is -0.520. The molecule has 0 fully saturated rings.